The van der Waals surface area contributed by atoms with Gasteiger partial charge in [-0.3, -0.25) is 9.59 Å². The van der Waals surface area contributed by atoms with Crippen molar-refractivity contribution in [3.8, 4) is 23.0 Å². The summed E-state index contributed by atoms with van der Waals surface area (Å²) in [5.41, 5.74) is 3.77. The highest BCUT2D eigenvalue weighted by Crippen LogP contribution is 2.39. The van der Waals surface area contributed by atoms with Crippen LogP contribution in [-0.4, -0.2) is 37.6 Å². The molecule has 1 heterocycles. The summed E-state index contributed by atoms with van der Waals surface area (Å²) in [6.07, 6.45) is 0.776. The zero-order valence-electron chi connectivity index (χ0n) is 19.0. The summed E-state index contributed by atoms with van der Waals surface area (Å²) in [4.78, 5) is 23.2. The fraction of sp³-hybridized carbons (Fsp3) is 0.333. The predicted molar refractivity (Wildman–Crippen MR) is 120 cm³/mol. The van der Waals surface area contributed by atoms with E-state index < -0.39 is 11.9 Å². The third-order valence-corrected chi connectivity index (χ3v) is 5.13. The molecule has 0 amide bonds. The Hall–Kier alpha value is -3.68. The van der Waals surface area contributed by atoms with Gasteiger partial charge in [0, 0.05) is 36.6 Å². The van der Waals surface area contributed by atoms with E-state index in [4.69, 9.17) is 18.9 Å². The lowest BCUT2D eigenvalue weighted by Gasteiger charge is -2.20. The summed E-state index contributed by atoms with van der Waals surface area (Å²) in [5, 5.41) is 8.96. The molecule has 8 heteroatoms. The third-order valence-electron chi connectivity index (χ3n) is 5.13. The van der Waals surface area contributed by atoms with E-state index in [9.17, 15) is 9.59 Å². The summed E-state index contributed by atoms with van der Waals surface area (Å²) in [5.74, 6) is 0.505. The van der Waals surface area contributed by atoms with E-state index in [1.807, 2.05) is 13.0 Å². The van der Waals surface area contributed by atoms with Gasteiger partial charge < -0.3 is 18.9 Å². The Morgan fingerprint density at radius 1 is 0.875 bits per heavy atom. The van der Waals surface area contributed by atoms with Gasteiger partial charge in [0.15, 0.2) is 23.0 Å². The maximum atomic E-state index is 11.6. The summed E-state index contributed by atoms with van der Waals surface area (Å²) < 4.78 is 21.5. The maximum absolute atomic E-state index is 11.6. The van der Waals surface area contributed by atoms with E-state index in [-0.39, 0.29) is 11.7 Å². The number of hydrogen-bond acceptors (Lipinski definition) is 8. The van der Waals surface area contributed by atoms with Crippen molar-refractivity contribution in [3.63, 3.8) is 0 Å². The largest absolute Gasteiger partial charge is 0.493 e. The minimum Gasteiger partial charge on any atom is -0.493 e. The Morgan fingerprint density at radius 2 is 1.50 bits per heavy atom. The van der Waals surface area contributed by atoms with Crippen LogP contribution in [0.5, 0.6) is 23.0 Å². The first-order valence-corrected chi connectivity index (χ1v) is 10.2. The molecule has 0 fully saturated rings. The zero-order chi connectivity index (χ0) is 23.4. The highest BCUT2D eigenvalue weighted by atomic mass is 16.6. The van der Waals surface area contributed by atoms with Gasteiger partial charge in [0.05, 0.1) is 14.2 Å². The van der Waals surface area contributed by atoms with E-state index in [1.165, 1.54) is 28.1 Å². The Kier molecular flexibility index (Phi) is 6.92. The number of esters is 2. The SMILES string of the molecule is CCC1C(C)=NN=C(c2ccc(OC)c(OC(C)=O)c2)c2cc(OC)c(OC(C)=O)cc21. The fourth-order valence-electron chi connectivity index (χ4n) is 3.73. The molecule has 2 aromatic carbocycles. The Morgan fingerprint density at radius 3 is 2.06 bits per heavy atom. The van der Waals surface area contributed by atoms with Crippen LogP contribution >= 0.6 is 0 Å². The normalized spacial score (nSPS) is 15.0. The molecule has 0 saturated heterocycles. The number of carbonyl (C=O) groups excluding carboxylic acids is 2. The van der Waals surface area contributed by atoms with Crippen LogP contribution in [0.15, 0.2) is 40.5 Å². The van der Waals surface area contributed by atoms with E-state index in [1.54, 1.807) is 24.3 Å². The van der Waals surface area contributed by atoms with Crippen LogP contribution < -0.4 is 18.9 Å². The molecule has 0 aromatic heterocycles. The summed E-state index contributed by atoms with van der Waals surface area (Å²) in [6, 6.07) is 8.81. The van der Waals surface area contributed by atoms with Gasteiger partial charge in [-0.2, -0.15) is 5.10 Å². The average molecular weight is 438 g/mol. The molecule has 0 saturated carbocycles. The monoisotopic (exact) mass is 438 g/mol. The van der Waals surface area contributed by atoms with E-state index in [0.717, 1.165) is 23.3 Å². The summed E-state index contributed by atoms with van der Waals surface area (Å²) in [6.45, 7) is 6.64. The summed E-state index contributed by atoms with van der Waals surface area (Å²) >= 11 is 0. The van der Waals surface area contributed by atoms with Crippen molar-refractivity contribution >= 4 is 23.4 Å². The van der Waals surface area contributed by atoms with Crippen LogP contribution in [0.3, 0.4) is 0 Å². The van der Waals surface area contributed by atoms with E-state index in [0.29, 0.717) is 28.5 Å². The minimum absolute atomic E-state index is 0.0300. The number of benzene rings is 2. The Labute approximate surface area is 186 Å². The van der Waals surface area contributed by atoms with Crippen LogP contribution in [0, 0.1) is 0 Å². The fourth-order valence-corrected chi connectivity index (χ4v) is 3.73. The Balaban J connectivity index is 2.25. The third kappa shape index (κ3) is 4.64. The number of fused-ring (bicyclic) bond motifs is 1. The van der Waals surface area contributed by atoms with Crippen LogP contribution in [-0.2, 0) is 9.59 Å². The van der Waals surface area contributed by atoms with E-state index >= 15 is 0 Å². The highest BCUT2D eigenvalue weighted by molar-refractivity contribution is 6.16. The second-order valence-electron chi connectivity index (χ2n) is 7.29. The van der Waals surface area contributed by atoms with Gasteiger partial charge in [-0.15, -0.1) is 5.10 Å². The van der Waals surface area contributed by atoms with Crippen LogP contribution in [0.25, 0.3) is 0 Å². The molecule has 2 aromatic rings. The number of nitrogens with zero attached hydrogens (tertiary/aromatic N) is 2. The van der Waals surface area contributed by atoms with Gasteiger partial charge in [0.2, 0.25) is 0 Å². The first-order chi connectivity index (χ1) is 15.3. The molecule has 0 bridgehead atoms. The van der Waals surface area contributed by atoms with Crippen molar-refractivity contribution in [3.05, 3.63) is 47.0 Å². The van der Waals surface area contributed by atoms with Crippen molar-refractivity contribution in [2.75, 3.05) is 14.2 Å². The Bertz CT molecular complexity index is 1120. The molecular formula is C24H26N2O6. The van der Waals surface area contributed by atoms with Crippen molar-refractivity contribution in [1.82, 2.24) is 0 Å². The summed E-state index contributed by atoms with van der Waals surface area (Å²) in [7, 11) is 3.01. The molecule has 0 spiro atoms. The number of rotatable bonds is 6. The molecule has 1 unspecified atom stereocenters. The van der Waals surface area contributed by atoms with Crippen molar-refractivity contribution in [1.29, 1.82) is 0 Å². The first-order valence-electron chi connectivity index (χ1n) is 10.2. The standard InChI is InChI=1S/C24H26N2O6/c1-7-17-13(2)25-26-24(16-8-9-20(29-5)22(10-16)31-14(3)27)19-12-21(30-6)23(11-18(17)19)32-15(4)28/h8-12,17H,7H2,1-6H3. The number of ether oxygens (including phenoxy) is 4. The molecule has 0 N–H and O–H groups in total. The van der Waals surface area contributed by atoms with Gasteiger partial charge in [0.25, 0.3) is 0 Å². The molecular weight excluding hydrogens is 412 g/mol. The predicted octanol–water partition coefficient (Wildman–Crippen LogP) is 4.27. The van der Waals surface area contributed by atoms with Gasteiger partial charge in [-0.05, 0) is 49.2 Å². The number of hydrogen-bond donors (Lipinski definition) is 0. The van der Waals surface area contributed by atoms with E-state index in [2.05, 4.69) is 17.1 Å². The average Bonchev–Trinajstić information content (AvgIpc) is 2.87. The first kappa shape index (κ1) is 23.0. The molecule has 1 aliphatic rings. The molecule has 32 heavy (non-hydrogen) atoms. The molecule has 3 rings (SSSR count). The van der Waals surface area contributed by atoms with Gasteiger partial charge >= 0.3 is 11.9 Å². The molecule has 168 valence electrons. The highest BCUT2D eigenvalue weighted by Gasteiger charge is 2.27. The van der Waals surface area contributed by atoms with Gasteiger partial charge in [0.1, 0.15) is 5.71 Å². The topological polar surface area (TPSA) is 95.8 Å². The lowest BCUT2D eigenvalue weighted by atomic mass is 9.85. The van der Waals surface area contributed by atoms with Crippen LogP contribution in [0.1, 0.15) is 56.7 Å². The number of methoxy groups -OCH3 is 2. The van der Waals surface area contributed by atoms with Crippen molar-refractivity contribution in [2.24, 2.45) is 10.2 Å². The lowest BCUT2D eigenvalue weighted by molar-refractivity contribution is -0.132. The molecule has 0 radical (unpaired) electrons. The van der Waals surface area contributed by atoms with Gasteiger partial charge in [-0.25, -0.2) is 0 Å². The smallest absolute Gasteiger partial charge is 0.308 e. The minimum atomic E-state index is -0.462. The van der Waals surface area contributed by atoms with Crippen LogP contribution in [0.4, 0.5) is 0 Å². The maximum Gasteiger partial charge on any atom is 0.308 e. The molecule has 8 nitrogen and oxygen atoms in total. The lowest BCUT2D eigenvalue weighted by Crippen LogP contribution is -2.14. The number of carbonyl (C=O) groups is 2. The second-order valence-corrected chi connectivity index (χ2v) is 7.29. The quantitative estimate of drug-likeness (QED) is 0.494. The molecule has 1 aliphatic heterocycles. The van der Waals surface area contributed by atoms with Crippen LogP contribution in [0.2, 0.25) is 0 Å². The molecule has 1 atom stereocenters. The molecule has 0 aliphatic carbocycles. The zero-order valence-corrected chi connectivity index (χ0v) is 19.0. The van der Waals surface area contributed by atoms with Gasteiger partial charge in [-0.1, -0.05) is 6.92 Å². The second kappa shape index (κ2) is 9.64. The van der Waals surface area contributed by atoms with Crippen molar-refractivity contribution < 1.29 is 28.5 Å². The van der Waals surface area contributed by atoms with Crippen molar-refractivity contribution in [2.45, 2.75) is 40.0 Å².